The molecule has 1 aliphatic rings. The Hall–Kier alpha value is -2.60. The third-order valence-electron chi connectivity index (χ3n) is 5.16. The lowest BCUT2D eigenvalue weighted by Gasteiger charge is -2.23. The third-order valence-corrected chi connectivity index (χ3v) is 7.26. The highest BCUT2D eigenvalue weighted by atomic mass is 79.9. The fraction of sp³-hybridized carbons (Fsp3) is 0.316. The Morgan fingerprint density at radius 1 is 1.34 bits per heavy atom. The maximum Gasteiger partial charge on any atom is 0.297 e. The van der Waals surface area contributed by atoms with Crippen LogP contribution < -0.4 is 5.73 Å². The van der Waals surface area contributed by atoms with Gasteiger partial charge in [-0.1, -0.05) is 17.7 Å². The molecule has 1 fully saturated rings. The number of halogens is 1. The molecule has 0 saturated carbocycles. The number of anilines is 1. The van der Waals surface area contributed by atoms with Crippen molar-refractivity contribution in [3.63, 3.8) is 0 Å². The van der Waals surface area contributed by atoms with Gasteiger partial charge >= 0.3 is 0 Å². The molecule has 1 saturated heterocycles. The van der Waals surface area contributed by atoms with Crippen LogP contribution in [-0.4, -0.2) is 58.1 Å². The van der Waals surface area contributed by atoms with Crippen LogP contribution in [0.15, 0.2) is 40.1 Å². The van der Waals surface area contributed by atoms with Gasteiger partial charge in [0.05, 0.1) is 22.5 Å². The smallest absolute Gasteiger partial charge is 0.297 e. The molecule has 32 heavy (non-hydrogen) atoms. The molecule has 4 atom stereocenters. The highest BCUT2D eigenvalue weighted by molar-refractivity contribution is 9.10. The predicted octanol–water partition coefficient (Wildman–Crippen LogP) is 0.981. The van der Waals surface area contributed by atoms with Gasteiger partial charge in [0.25, 0.3) is 10.1 Å². The Morgan fingerprint density at radius 3 is 2.66 bits per heavy atom. The normalized spacial score (nSPS) is 23.5. The number of aryl methyl sites for hydroxylation is 1. The summed E-state index contributed by atoms with van der Waals surface area (Å²) >= 11 is 3.31. The molecule has 4 rings (SSSR count). The van der Waals surface area contributed by atoms with Crippen LogP contribution in [0.2, 0.25) is 0 Å². The lowest BCUT2D eigenvalue weighted by atomic mass is 10.1. The standard InChI is InChI=1S/C19H18BrN5O6S/c1-9-2-4-10(5-3-9)32(28,29)31-15-14(27)12(7-26)30-19(15)25-16(20)11(6-21)13-17(22)23-8-24-18(13)25/h2-5,8,12,14-15,19,26-27H,7H2,1H3,(H2,22,23,24). The number of benzene rings is 1. The average molecular weight is 524 g/mol. The van der Waals surface area contributed by atoms with E-state index in [1.807, 2.05) is 13.0 Å². The minimum Gasteiger partial charge on any atom is -0.394 e. The molecule has 1 aliphatic heterocycles. The minimum absolute atomic E-state index is 0.0352. The van der Waals surface area contributed by atoms with E-state index in [1.165, 1.54) is 23.0 Å². The van der Waals surface area contributed by atoms with Crippen LogP contribution in [0.4, 0.5) is 5.82 Å². The lowest BCUT2D eigenvalue weighted by Crippen LogP contribution is -2.37. The van der Waals surface area contributed by atoms with Gasteiger partial charge in [0, 0.05) is 0 Å². The van der Waals surface area contributed by atoms with Gasteiger partial charge in [-0.25, -0.2) is 9.97 Å². The van der Waals surface area contributed by atoms with E-state index in [1.54, 1.807) is 12.1 Å². The van der Waals surface area contributed by atoms with Gasteiger partial charge in [0.15, 0.2) is 12.3 Å². The summed E-state index contributed by atoms with van der Waals surface area (Å²) in [6.45, 7) is 1.21. The molecule has 3 heterocycles. The maximum absolute atomic E-state index is 12.9. The number of fused-ring (bicyclic) bond motifs is 1. The minimum atomic E-state index is -4.31. The number of aliphatic hydroxyl groups excluding tert-OH is 2. The molecule has 0 bridgehead atoms. The van der Waals surface area contributed by atoms with Crippen LogP contribution in [0.3, 0.4) is 0 Å². The molecule has 3 aromatic rings. The predicted molar refractivity (Wildman–Crippen MR) is 115 cm³/mol. The third kappa shape index (κ3) is 3.64. The first-order valence-corrected chi connectivity index (χ1v) is 11.5. The number of nitriles is 1. The number of nitrogens with two attached hydrogens (primary N) is 1. The van der Waals surface area contributed by atoms with Gasteiger partial charge in [-0.3, -0.25) is 8.75 Å². The number of hydrogen-bond donors (Lipinski definition) is 3. The average Bonchev–Trinajstić information content (AvgIpc) is 3.21. The Labute approximate surface area is 191 Å². The van der Waals surface area contributed by atoms with Crippen molar-refractivity contribution in [3.8, 4) is 6.07 Å². The van der Waals surface area contributed by atoms with E-state index in [9.17, 15) is 23.9 Å². The molecule has 11 nitrogen and oxygen atoms in total. The van der Waals surface area contributed by atoms with Crippen molar-refractivity contribution >= 4 is 42.9 Å². The summed E-state index contributed by atoms with van der Waals surface area (Å²) in [6, 6.07) is 7.99. The van der Waals surface area contributed by atoms with Gasteiger partial charge in [-0.15, -0.1) is 0 Å². The van der Waals surface area contributed by atoms with E-state index < -0.39 is 41.3 Å². The number of aliphatic hydroxyl groups is 2. The Bertz CT molecular complexity index is 1320. The summed E-state index contributed by atoms with van der Waals surface area (Å²) in [7, 11) is -4.31. The van der Waals surface area contributed by atoms with Crippen molar-refractivity contribution in [3.05, 3.63) is 46.3 Å². The van der Waals surface area contributed by atoms with E-state index >= 15 is 0 Å². The first-order chi connectivity index (χ1) is 15.2. The summed E-state index contributed by atoms with van der Waals surface area (Å²) in [5.74, 6) is 0.0352. The molecular weight excluding hydrogens is 506 g/mol. The maximum atomic E-state index is 12.9. The quantitative estimate of drug-likeness (QED) is 0.408. The number of nitrogens with zero attached hydrogens (tertiary/aromatic N) is 4. The molecule has 168 valence electrons. The van der Waals surface area contributed by atoms with Gasteiger partial charge in [0.1, 0.15) is 40.7 Å². The zero-order chi connectivity index (χ0) is 23.2. The second-order valence-electron chi connectivity index (χ2n) is 7.17. The van der Waals surface area contributed by atoms with Crippen molar-refractivity contribution in [1.82, 2.24) is 14.5 Å². The first kappa shape index (κ1) is 22.6. The molecule has 2 aromatic heterocycles. The van der Waals surface area contributed by atoms with Crippen molar-refractivity contribution in [2.75, 3.05) is 12.3 Å². The molecule has 0 amide bonds. The fourth-order valence-electron chi connectivity index (χ4n) is 3.55. The van der Waals surface area contributed by atoms with Gasteiger partial charge in [-0.2, -0.15) is 13.7 Å². The van der Waals surface area contributed by atoms with Crippen LogP contribution in [0, 0.1) is 18.3 Å². The fourth-order valence-corrected chi connectivity index (χ4v) is 5.29. The molecule has 4 N–H and O–H groups in total. The number of ether oxygens (including phenoxy) is 1. The van der Waals surface area contributed by atoms with E-state index in [0.717, 1.165) is 5.56 Å². The monoisotopic (exact) mass is 523 g/mol. The van der Waals surface area contributed by atoms with E-state index in [-0.39, 0.29) is 31.9 Å². The molecular formula is C19H18BrN5O6S. The van der Waals surface area contributed by atoms with Crippen LogP contribution >= 0.6 is 15.9 Å². The van der Waals surface area contributed by atoms with Crippen LogP contribution in [0.5, 0.6) is 0 Å². The Balaban J connectivity index is 1.83. The van der Waals surface area contributed by atoms with Gasteiger partial charge in [0.2, 0.25) is 0 Å². The number of rotatable bonds is 5. The van der Waals surface area contributed by atoms with E-state index in [0.29, 0.717) is 0 Å². The summed E-state index contributed by atoms with van der Waals surface area (Å²) < 4.78 is 38.5. The Kier molecular flexibility index (Phi) is 5.93. The number of hydrogen-bond acceptors (Lipinski definition) is 10. The second-order valence-corrected chi connectivity index (χ2v) is 9.49. The van der Waals surface area contributed by atoms with Crippen LogP contribution in [0.1, 0.15) is 17.4 Å². The van der Waals surface area contributed by atoms with Gasteiger partial charge in [-0.05, 0) is 35.0 Å². The molecule has 0 spiro atoms. The van der Waals surface area contributed by atoms with Crippen LogP contribution in [0.25, 0.3) is 11.0 Å². The molecule has 0 aliphatic carbocycles. The summed E-state index contributed by atoms with van der Waals surface area (Å²) in [5, 5.41) is 30.2. The molecule has 4 unspecified atom stereocenters. The SMILES string of the molecule is Cc1ccc(S(=O)(=O)OC2C(O)C(CO)OC2n2c(Br)c(C#N)c3c(N)ncnc32)cc1. The zero-order valence-corrected chi connectivity index (χ0v) is 19.0. The highest BCUT2D eigenvalue weighted by Crippen LogP contribution is 2.41. The van der Waals surface area contributed by atoms with Crippen molar-refractivity contribution in [2.45, 2.75) is 36.4 Å². The van der Waals surface area contributed by atoms with E-state index in [4.69, 9.17) is 14.7 Å². The summed E-state index contributed by atoms with van der Waals surface area (Å²) in [5.41, 5.74) is 7.05. The van der Waals surface area contributed by atoms with Crippen molar-refractivity contribution in [1.29, 1.82) is 5.26 Å². The first-order valence-electron chi connectivity index (χ1n) is 9.34. The largest absolute Gasteiger partial charge is 0.394 e. The molecule has 0 radical (unpaired) electrons. The van der Waals surface area contributed by atoms with Crippen LogP contribution in [-0.2, 0) is 19.0 Å². The second kappa shape index (κ2) is 8.39. The summed E-state index contributed by atoms with van der Waals surface area (Å²) in [6.07, 6.45) is -4.20. The number of aromatic nitrogens is 3. The van der Waals surface area contributed by atoms with E-state index in [2.05, 4.69) is 25.9 Å². The molecule has 13 heteroatoms. The number of nitrogen functional groups attached to an aromatic ring is 1. The Morgan fingerprint density at radius 2 is 2.03 bits per heavy atom. The van der Waals surface area contributed by atoms with Crippen molar-refractivity contribution < 1.29 is 27.6 Å². The highest BCUT2D eigenvalue weighted by Gasteiger charge is 2.49. The van der Waals surface area contributed by atoms with Crippen molar-refractivity contribution in [2.24, 2.45) is 0 Å². The summed E-state index contributed by atoms with van der Waals surface area (Å²) in [4.78, 5) is 7.94. The lowest BCUT2D eigenvalue weighted by molar-refractivity contribution is -0.0490. The van der Waals surface area contributed by atoms with Gasteiger partial charge < -0.3 is 20.7 Å². The zero-order valence-electron chi connectivity index (χ0n) is 16.6. The topological polar surface area (TPSA) is 174 Å². The molecule has 1 aromatic carbocycles.